The van der Waals surface area contributed by atoms with Crippen LogP contribution in [-0.4, -0.2) is 16.5 Å². The van der Waals surface area contributed by atoms with Gasteiger partial charge < -0.3 is 10.2 Å². The number of nitrogens with one attached hydrogen (secondary N) is 1. The molecule has 4 nitrogen and oxygen atoms in total. The van der Waals surface area contributed by atoms with Gasteiger partial charge in [-0.3, -0.25) is 0 Å². The van der Waals surface area contributed by atoms with E-state index in [1.165, 1.54) is 18.2 Å². The highest BCUT2D eigenvalue weighted by molar-refractivity contribution is 5.62. The van der Waals surface area contributed by atoms with E-state index in [0.717, 1.165) is 5.69 Å². The summed E-state index contributed by atoms with van der Waals surface area (Å²) in [6, 6.07) is 15.1. The minimum atomic E-state index is -0.673. The summed E-state index contributed by atoms with van der Waals surface area (Å²) in [5.74, 6) is -0.546. The van der Waals surface area contributed by atoms with Gasteiger partial charge in [0.15, 0.2) is 0 Å². The SMILES string of the molecule is CCN(c1ccccc1)c1nc(C)cc(Nc2c(F)cccc2F)n1. The number of anilines is 4. The Morgan fingerprint density at radius 1 is 0.960 bits per heavy atom. The van der Waals surface area contributed by atoms with Crippen molar-refractivity contribution in [2.24, 2.45) is 0 Å². The number of hydrogen-bond donors (Lipinski definition) is 1. The Balaban J connectivity index is 1.98. The molecule has 25 heavy (non-hydrogen) atoms. The molecule has 0 aliphatic heterocycles. The molecule has 0 aliphatic rings. The standard InChI is InChI=1S/C19H18F2N4/c1-3-25(14-8-5-4-6-9-14)19-22-13(2)12-17(24-19)23-18-15(20)10-7-11-16(18)21/h4-12H,3H2,1-2H3,(H,22,23,24). The van der Waals surface area contributed by atoms with Crippen LogP contribution in [0, 0.1) is 18.6 Å². The number of nitrogens with zero attached hydrogens (tertiary/aromatic N) is 3. The van der Waals surface area contributed by atoms with Crippen molar-refractivity contribution in [1.29, 1.82) is 0 Å². The summed E-state index contributed by atoms with van der Waals surface area (Å²) in [5, 5.41) is 2.72. The Morgan fingerprint density at radius 3 is 2.28 bits per heavy atom. The van der Waals surface area contributed by atoms with E-state index in [1.54, 1.807) is 6.07 Å². The first-order chi connectivity index (χ1) is 12.1. The molecule has 0 unspecified atom stereocenters. The van der Waals surface area contributed by atoms with Crippen molar-refractivity contribution in [3.05, 3.63) is 71.9 Å². The van der Waals surface area contributed by atoms with Crippen LogP contribution in [0.2, 0.25) is 0 Å². The second-order valence-corrected chi connectivity index (χ2v) is 5.50. The van der Waals surface area contributed by atoms with Crippen molar-refractivity contribution >= 4 is 23.1 Å². The summed E-state index contributed by atoms with van der Waals surface area (Å²) in [7, 11) is 0. The number of aryl methyl sites for hydroxylation is 1. The third-order valence-electron chi connectivity index (χ3n) is 3.68. The summed E-state index contributed by atoms with van der Waals surface area (Å²) in [6.45, 7) is 4.45. The number of para-hydroxylation sites is 2. The smallest absolute Gasteiger partial charge is 0.232 e. The Morgan fingerprint density at radius 2 is 1.64 bits per heavy atom. The van der Waals surface area contributed by atoms with Gasteiger partial charge in [-0.25, -0.2) is 13.8 Å². The molecule has 0 spiro atoms. The van der Waals surface area contributed by atoms with Crippen molar-refractivity contribution in [3.8, 4) is 0 Å². The number of aromatic nitrogens is 2. The topological polar surface area (TPSA) is 41.1 Å². The third kappa shape index (κ3) is 3.74. The van der Waals surface area contributed by atoms with E-state index < -0.39 is 11.6 Å². The normalized spacial score (nSPS) is 10.6. The van der Waals surface area contributed by atoms with Gasteiger partial charge in [0.1, 0.15) is 23.1 Å². The number of rotatable bonds is 5. The zero-order valence-corrected chi connectivity index (χ0v) is 14.0. The molecule has 0 atom stereocenters. The summed E-state index contributed by atoms with van der Waals surface area (Å²) in [5.41, 5.74) is 1.41. The second-order valence-electron chi connectivity index (χ2n) is 5.50. The molecule has 0 amide bonds. The van der Waals surface area contributed by atoms with Gasteiger partial charge in [-0.05, 0) is 38.1 Å². The Bertz CT molecular complexity index is 848. The first-order valence-electron chi connectivity index (χ1n) is 7.97. The molecular formula is C19H18F2N4. The molecule has 1 aromatic heterocycles. The third-order valence-corrected chi connectivity index (χ3v) is 3.68. The molecule has 1 N–H and O–H groups in total. The molecule has 0 radical (unpaired) electrons. The van der Waals surface area contributed by atoms with Gasteiger partial charge in [-0.1, -0.05) is 24.3 Å². The van der Waals surface area contributed by atoms with Crippen LogP contribution in [0.1, 0.15) is 12.6 Å². The minimum Gasteiger partial charge on any atom is -0.335 e. The van der Waals surface area contributed by atoms with Crippen LogP contribution >= 0.6 is 0 Å². The molecule has 0 aliphatic carbocycles. The predicted octanol–water partition coefficient (Wildman–Crippen LogP) is 4.96. The fourth-order valence-corrected chi connectivity index (χ4v) is 2.53. The highest BCUT2D eigenvalue weighted by Gasteiger charge is 2.14. The maximum absolute atomic E-state index is 13.9. The van der Waals surface area contributed by atoms with E-state index in [9.17, 15) is 8.78 Å². The lowest BCUT2D eigenvalue weighted by molar-refractivity contribution is 0.590. The Kier molecular flexibility index (Phi) is 4.88. The van der Waals surface area contributed by atoms with Crippen LogP contribution in [0.5, 0.6) is 0 Å². The number of hydrogen-bond acceptors (Lipinski definition) is 4. The van der Waals surface area contributed by atoms with Gasteiger partial charge in [0, 0.05) is 24.0 Å². The van der Waals surface area contributed by atoms with Crippen molar-refractivity contribution in [1.82, 2.24) is 9.97 Å². The van der Waals surface area contributed by atoms with E-state index in [2.05, 4.69) is 15.3 Å². The predicted molar refractivity (Wildman–Crippen MR) is 95.5 cm³/mol. The van der Waals surface area contributed by atoms with Gasteiger partial charge in [-0.2, -0.15) is 4.98 Å². The van der Waals surface area contributed by atoms with E-state index in [1.807, 2.05) is 49.1 Å². The van der Waals surface area contributed by atoms with Crippen LogP contribution in [-0.2, 0) is 0 Å². The molecule has 3 aromatic rings. The van der Waals surface area contributed by atoms with E-state index in [-0.39, 0.29) is 5.69 Å². The van der Waals surface area contributed by atoms with Crippen molar-refractivity contribution < 1.29 is 8.78 Å². The molecule has 128 valence electrons. The highest BCUT2D eigenvalue weighted by atomic mass is 19.1. The van der Waals surface area contributed by atoms with Gasteiger partial charge >= 0.3 is 0 Å². The molecule has 0 saturated carbocycles. The maximum Gasteiger partial charge on any atom is 0.232 e. The van der Waals surface area contributed by atoms with Crippen LogP contribution < -0.4 is 10.2 Å². The molecule has 0 saturated heterocycles. The largest absolute Gasteiger partial charge is 0.335 e. The molecule has 2 aromatic carbocycles. The molecule has 3 rings (SSSR count). The quantitative estimate of drug-likeness (QED) is 0.712. The molecule has 0 bridgehead atoms. The van der Waals surface area contributed by atoms with Gasteiger partial charge in [-0.15, -0.1) is 0 Å². The van der Waals surface area contributed by atoms with Crippen molar-refractivity contribution in [2.45, 2.75) is 13.8 Å². The zero-order chi connectivity index (χ0) is 17.8. The minimum absolute atomic E-state index is 0.227. The molecule has 6 heteroatoms. The molecule has 0 fully saturated rings. The average Bonchev–Trinajstić information content (AvgIpc) is 2.60. The first kappa shape index (κ1) is 16.8. The maximum atomic E-state index is 13.9. The van der Waals surface area contributed by atoms with Crippen molar-refractivity contribution in [3.63, 3.8) is 0 Å². The summed E-state index contributed by atoms with van der Waals surface area (Å²) >= 11 is 0. The average molecular weight is 340 g/mol. The van der Waals surface area contributed by atoms with Crippen LogP contribution in [0.15, 0.2) is 54.6 Å². The van der Waals surface area contributed by atoms with Gasteiger partial charge in [0.25, 0.3) is 0 Å². The second kappa shape index (κ2) is 7.25. The van der Waals surface area contributed by atoms with Gasteiger partial charge in [0.2, 0.25) is 5.95 Å². The molecular weight excluding hydrogens is 322 g/mol. The Hall–Kier alpha value is -3.02. The van der Waals surface area contributed by atoms with E-state index >= 15 is 0 Å². The van der Waals surface area contributed by atoms with E-state index in [4.69, 9.17) is 0 Å². The van der Waals surface area contributed by atoms with Crippen molar-refractivity contribution in [2.75, 3.05) is 16.8 Å². The van der Waals surface area contributed by atoms with Crippen LogP contribution in [0.25, 0.3) is 0 Å². The lowest BCUT2D eigenvalue weighted by Crippen LogP contribution is -2.19. The van der Waals surface area contributed by atoms with Crippen LogP contribution in [0.3, 0.4) is 0 Å². The number of benzene rings is 2. The number of halogens is 2. The molecule has 1 heterocycles. The summed E-state index contributed by atoms with van der Waals surface area (Å²) in [6.07, 6.45) is 0. The fourth-order valence-electron chi connectivity index (χ4n) is 2.53. The highest BCUT2D eigenvalue weighted by Crippen LogP contribution is 2.26. The zero-order valence-electron chi connectivity index (χ0n) is 14.0. The lowest BCUT2D eigenvalue weighted by atomic mass is 10.3. The van der Waals surface area contributed by atoms with Gasteiger partial charge in [0.05, 0.1) is 0 Å². The summed E-state index contributed by atoms with van der Waals surface area (Å²) in [4.78, 5) is 10.8. The van der Waals surface area contributed by atoms with E-state index in [0.29, 0.717) is 24.0 Å². The Labute approximate surface area is 145 Å². The lowest BCUT2D eigenvalue weighted by Gasteiger charge is -2.22. The summed E-state index contributed by atoms with van der Waals surface area (Å²) < 4.78 is 27.7. The first-order valence-corrected chi connectivity index (χ1v) is 7.97. The van der Waals surface area contributed by atoms with Crippen LogP contribution in [0.4, 0.5) is 31.9 Å². The fraction of sp³-hybridized carbons (Fsp3) is 0.158. The monoisotopic (exact) mass is 340 g/mol.